The van der Waals surface area contributed by atoms with Crippen molar-refractivity contribution in [3.05, 3.63) is 29.6 Å². The SMILES string of the molecule is COCC(Cl)CN(C)S(=O)(=O)c1ccc(F)cc1C. The fourth-order valence-corrected chi connectivity index (χ4v) is 3.51. The number of sulfonamides is 1. The molecule has 0 radical (unpaired) electrons. The Kier molecular flexibility index (Phi) is 5.73. The molecule has 0 aliphatic heterocycles. The topological polar surface area (TPSA) is 46.6 Å². The van der Waals surface area contributed by atoms with Gasteiger partial charge in [-0.1, -0.05) is 0 Å². The summed E-state index contributed by atoms with van der Waals surface area (Å²) < 4.78 is 43.6. The van der Waals surface area contributed by atoms with Crippen LogP contribution in [0.25, 0.3) is 0 Å². The van der Waals surface area contributed by atoms with Crippen LogP contribution >= 0.6 is 11.6 Å². The third kappa shape index (κ3) is 4.14. The number of ether oxygens (including phenoxy) is 1. The van der Waals surface area contributed by atoms with Crippen molar-refractivity contribution in [3.63, 3.8) is 0 Å². The van der Waals surface area contributed by atoms with Gasteiger partial charge in [-0.15, -0.1) is 11.6 Å². The first-order valence-corrected chi connectivity index (χ1v) is 7.52. The Morgan fingerprint density at radius 1 is 1.47 bits per heavy atom. The van der Waals surface area contributed by atoms with Gasteiger partial charge in [-0.05, 0) is 30.7 Å². The molecule has 7 heteroatoms. The molecule has 1 aromatic rings. The Balaban J connectivity index is 2.97. The molecule has 19 heavy (non-hydrogen) atoms. The summed E-state index contributed by atoms with van der Waals surface area (Å²) in [5.41, 5.74) is 0.365. The highest BCUT2D eigenvalue weighted by Gasteiger charge is 2.24. The lowest BCUT2D eigenvalue weighted by atomic mass is 10.2. The molecule has 0 saturated heterocycles. The number of nitrogens with zero attached hydrogens (tertiary/aromatic N) is 1. The van der Waals surface area contributed by atoms with E-state index in [4.69, 9.17) is 16.3 Å². The van der Waals surface area contributed by atoms with E-state index in [0.717, 1.165) is 10.4 Å². The summed E-state index contributed by atoms with van der Waals surface area (Å²) in [7, 11) is -0.745. The zero-order chi connectivity index (χ0) is 14.6. The van der Waals surface area contributed by atoms with Gasteiger partial charge in [0, 0.05) is 20.7 Å². The summed E-state index contributed by atoms with van der Waals surface area (Å²) >= 11 is 5.94. The van der Waals surface area contributed by atoms with Crippen LogP contribution < -0.4 is 0 Å². The normalized spacial score (nSPS) is 13.8. The van der Waals surface area contributed by atoms with E-state index in [2.05, 4.69) is 0 Å². The Bertz CT molecular complexity index is 536. The van der Waals surface area contributed by atoms with Crippen molar-refractivity contribution in [3.8, 4) is 0 Å². The lowest BCUT2D eigenvalue weighted by Gasteiger charge is -2.20. The summed E-state index contributed by atoms with van der Waals surface area (Å²) in [5.74, 6) is -0.464. The largest absolute Gasteiger partial charge is 0.383 e. The zero-order valence-electron chi connectivity index (χ0n) is 11.1. The van der Waals surface area contributed by atoms with E-state index in [1.165, 1.54) is 26.3 Å². The molecular formula is C12H17ClFNO3S. The predicted octanol–water partition coefficient (Wildman–Crippen LogP) is 2.01. The van der Waals surface area contributed by atoms with Gasteiger partial charge in [-0.3, -0.25) is 0 Å². The van der Waals surface area contributed by atoms with Gasteiger partial charge in [0.25, 0.3) is 0 Å². The molecular weight excluding hydrogens is 293 g/mol. The third-order valence-electron chi connectivity index (χ3n) is 2.63. The van der Waals surface area contributed by atoms with Crippen molar-refractivity contribution < 1.29 is 17.5 Å². The van der Waals surface area contributed by atoms with Crippen LogP contribution in [0.15, 0.2) is 23.1 Å². The number of alkyl halides is 1. The van der Waals surface area contributed by atoms with Crippen LogP contribution in [-0.2, 0) is 14.8 Å². The van der Waals surface area contributed by atoms with Crippen molar-refractivity contribution in [1.29, 1.82) is 0 Å². The molecule has 0 amide bonds. The van der Waals surface area contributed by atoms with E-state index in [9.17, 15) is 12.8 Å². The van der Waals surface area contributed by atoms with Gasteiger partial charge in [0.05, 0.1) is 16.9 Å². The van der Waals surface area contributed by atoms with Gasteiger partial charge in [0.15, 0.2) is 0 Å². The molecule has 0 spiro atoms. The van der Waals surface area contributed by atoms with Gasteiger partial charge in [0.2, 0.25) is 10.0 Å². The molecule has 0 N–H and O–H groups in total. The molecule has 0 aliphatic carbocycles. The van der Waals surface area contributed by atoms with Gasteiger partial charge < -0.3 is 4.74 Å². The highest BCUT2D eigenvalue weighted by molar-refractivity contribution is 7.89. The van der Waals surface area contributed by atoms with E-state index in [-0.39, 0.29) is 18.0 Å². The van der Waals surface area contributed by atoms with Crippen molar-refractivity contribution in [2.24, 2.45) is 0 Å². The summed E-state index contributed by atoms with van der Waals surface area (Å²) in [5, 5.41) is -0.439. The van der Waals surface area contributed by atoms with Crippen LogP contribution in [0, 0.1) is 12.7 Å². The maximum absolute atomic E-state index is 13.0. The van der Waals surface area contributed by atoms with Gasteiger partial charge in [-0.25, -0.2) is 12.8 Å². The molecule has 0 aromatic heterocycles. The highest BCUT2D eigenvalue weighted by atomic mass is 35.5. The van der Waals surface area contributed by atoms with Crippen LogP contribution in [-0.4, -0.2) is 45.4 Å². The lowest BCUT2D eigenvalue weighted by molar-refractivity contribution is 0.192. The van der Waals surface area contributed by atoms with Crippen LogP contribution in [0.4, 0.5) is 4.39 Å². The van der Waals surface area contributed by atoms with Crippen LogP contribution in [0.1, 0.15) is 5.56 Å². The minimum absolute atomic E-state index is 0.0812. The quantitative estimate of drug-likeness (QED) is 0.755. The number of benzene rings is 1. The van der Waals surface area contributed by atoms with E-state index in [1.807, 2.05) is 0 Å². The number of rotatable bonds is 6. The average molecular weight is 310 g/mol. The standard InChI is InChI=1S/C12H17ClFNO3S/c1-9-6-11(14)4-5-12(9)19(16,17)15(2)7-10(13)8-18-3/h4-6,10H,7-8H2,1-3H3. The Morgan fingerprint density at radius 3 is 2.63 bits per heavy atom. The highest BCUT2D eigenvalue weighted by Crippen LogP contribution is 2.20. The van der Waals surface area contributed by atoms with Crippen molar-refractivity contribution in [1.82, 2.24) is 4.31 Å². The van der Waals surface area contributed by atoms with E-state index in [1.54, 1.807) is 6.92 Å². The van der Waals surface area contributed by atoms with Crippen LogP contribution in [0.5, 0.6) is 0 Å². The smallest absolute Gasteiger partial charge is 0.243 e. The minimum Gasteiger partial charge on any atom is -0.383 e. The monoisotopic (exact) mass is 309 g/mol. The van der Waals surface area contributed by atoms with E-state index in [0.29, 0.717) is 5.56 Å². The number of hydrogen-bond donors (Lipinski definition) is 0. The molecule has 1 rings (SSSR count). The molecule has 0 aliphatic rings. The summed E-state index contributed by atoms with van der Waals surface area (Å²) in [6.07, 6.45) is 0. The maximum atomic E-state index is 13.0. The first-order valence-electron chi connectivity index (χ1n) is 5.64. The van der Waals surface area contributed by atoms with Crippen molar-refractivity contribution >= 4 is 21.6 Å². The van der Waals surface area contributed by atoms with E-state index >= 15 is 0 Å². The molecule has 108 valence electrons. The third-order valence-corrected chi connectivity index (χ3v) is 4.88. The lowest BCUT2D eigenvalue weighted by Crippen LogP contribution is -2.34. The molecule has 0 heterocycles. The first kappa shape index (κ1) is 16.4. The predicted molar refractivity (Wildman–Crippen MR) is 72.5 cm³/mol. The van der Waals surface area contributed by atoms with Crippen LogP contribution in [0.2, 0.25) is 0 Å². The number of aryl methyl sites for hydroxylation is 1. The molecule has 1 unspecified atom stereocenters. The van der Waals surface area contributed by atoms with Crippen molar-refractivity contribution in [2.45, 2.75) is 17.2 Å². The summed E-state index contributed by atoms with van der Waals surface area (Å²) in [4.78, 5) is 0.0812. The van der Waals surface area contributed by atoms with Crippen molar-refractivity contribution in [2.75, 3.05) is 27.3 Å². The zero-order valence-corrected chi connectivity index (χ0v) is 12.6. The number of halogens is 2. The molecule has 0 saturated carbocycles. The second-order valence-electron chi connectivity index (χ2n) is 4.25. The molecule has 1 atom stereocenters. The second-order valence-corrected chi connectivity index (χ2v) is 6.88. The van der Waals surface area contributed by atoms with Gasteiger partial charge >= 0.3 is 0 Å². The number of hydrogen-bond acceptors (Lipinski definition) is 3. The Hall–Kier alpha value is -0.690. The Labute approximate surface area is 118 Å². The minimum atomic E-state index is -3.67. The fraction of sp³-hybridized carbons (Fsp3) is 0.500. The van der Waals surface area contributed by atoms with Gasteiger partial charge in [-0.2, -0.15) is 4.31 Å². The molecule has 4 nitrogen and oxygen atoms in total. The summed E-state index contributed by atoms with van der Waals surface area (Å²) in [6.45, 7) is 1.93. The van der Waals surface area contributed by atoms with Crippen LogP contribution in [0.3, 0.4) is 0 Å². The first-order chi connectivity index (χ1) is 8.78. The number of methoxy groups -OCH3 is 1. The average Bonchev–Trinajstić information content (AvgIpc) is 2.28. The summed E-state index contributed by atoms with van der Waals surface area (Å²) in [6, 6.07) is 3.57. The second kappa shape index (κ2) is 6.65. The molecule has 1 aromatic carbocycles. The van der Waals surface area contributed by atoms with E-state index < -0.39 is 21.2 Å². The molecule has 0 bridgehead atoms. The fourth-order valence-electron chi connectivity index (χ4n) is 1.68. The molecule has 0 fully saturated rings. The Morgan fingerprint density at radius 2 is 2.11 bits per heavy atom. The van der Waals surface area contributed by atoms with Gasteiger partial charge in [0.1, 0.15) is 5.82 Å². The maximum Gasteiger partial charge on any atom is 0.243 e.